The van der Waals surface area contributed by atoms with Gasteiger partial charge in [-0.3, -0.25) is 4.79 Å². The average molecular weight is 268 g/mol. The van der Waals surface area contributed by atoms with Gasteiger partial charge in [0.25, 0.3) is 5.91 Å². The summed E-state index contributed by atoms with van der Waals surface area (Å²) in [5.41, 5.74) is 7.23. The minimum Gasteiger partial charge on any atom is -0.459 e. The second-order valence-electron chi connectivity index (χ2n) is 4.30. The Morgan fingerprint density at radius 2 is 2.10 bits per heavy atom. The highest BCUT2D eigenvalue weighted by atomic mass is 16.3. The van der Waals surface area contributed by atoms with Crippen LogP contribution >= 0.6 is 0 Å². The molecular formula is C16H16N2O2. The van der Waals surface area contributed by atoms with Crippen molar-refractivity contribution in [2.75, 3.05) is 6.54 Å². The predicted molar refractivity (Wildman–Crippen MR) is 77.0 cm³/mol. The third-order valence-corrected chi connectivity index (χ3v) is 2.84. The Kier molecular flexibility index (Phi) is 4.59. The summed E-state index contributed by atoms with van der Waals surface area (Å²) in [5, 5.41) is 2.87. The molecule has 3 N–H and O–H groups in total. The number of nitrogens with one attached hydrogen (secondary N) is 1. The fourth-order valence-corrected chi connectivity index (χ4v) is 1.77. The summed E-state index contributed by atoms with van der Waals surface area (Å²) in [6.45, 7) is 2.26. The number of hydrogen-bond acceptors (Lipinski definition) is 3. The highest BCUT2D eigenvalue weighted by molar-refractivity contribution is 5.91. The lowest BCUT2D eigenvalue weighted by Crippen LogP contribution is -2.26. The van der Waals surface area contributed by atoms with Gasteiger partial charge in [-0.15, -0.1) is 0 Å². The van der Waals surface area contributed by atoms with Crippen molar-refractivity contribution in [1.82, 2.24) is 5.32 Å². The number of amides is 1. The van der Waals surface area contributed by atoms with E-state index >= 15 is 0 Å². The van der Waals surface area contributed by atoms with Gasteiger partial charge in [0.15, 0.2) is 5.76 Å². The smallest absolute Gasteiger partial charge is 0.287 e. The van der Waals surface area contributed by atoms with Crippen LogP contribution in [-0.2, 0) is 0 Å². The van der Waals surface area contributed by atoms with Gasteiger partial charge < -0.3 is 15.5 Å². The second kappa shape index (κ2) is 6.60. The quantitative estimate of drug-likeness (QED) is 0.837. The fraction of sp³-hybridized carbons (Fsp3) is 0.188. The van der Waals surface area contributed by atoms with E-state index in [-0.39, 0.29) is 11.9 Å². The van der Waals surface area contributed by atoms with Crippen LogP contribution < -0.4 is 11.1 Å². The van der Waals surface area contributed by atoms with Gasteiger partial charge in [-0.05, 0) is 36.8 Å². The Bertz CT molecular complexity index is 619. The molecule has 20 heavy (non-hydrogen) atoms. The van der Waals surface area contributed by atoms with Crippen molar-refractivity contribution in [2.45, 2.75) is 13.0 Å². The summed E-state index contributed by atoms with van der Waals surface area (Å²) in [6.07, 6.45) is 1.48. The van der Waals surface area contributed by atoms with E-state index in [1.54, 1.807) is 12.1 Å². The molecule has 0 saturated carbocycles. The normalized spacial score (nSPS) is 11.3. The summed E-state index contributed by atoms with van der Waals surface area (Å²) in [5.74, 6) is 5.84. The number of hydrogen-bond donors (Lipinski definition) is 2. The molecule has 2 rings (SSSR count). The molecule has 102 valence electrons. The fourth-order valence-electron chi connectivity index (χ4n) is 1.77. The predicted octanol–water partition coefficient (Wildman–Crippen LogP) is 2.08. The van der Waals surface area contributed by atoms with Crippen molar-refractivity contribution in [3.8, 4) is 11.8 Å². The minimum atomic E-state index is -0.227. The molecule has 1 aromatic heterocycles. The first-order chi connectivity index (χ1) is 9.70. The van der Waals surface area contributed by atoms with Gasteiger partial charge in [0.05, 0.1) is 18.8 Å². The van der Waals surface area contributed by atoms with Gasteiger partial charge in [0.2, 0.25) is 0 Å². The van der Waals surface area contributed by atoms with Gasteiger partial charge in [-0.1, -0.05) is 24.0 Å². The van der Waals surface area contributed by atoms with Crippen molar-refractivity contribution in [1.29, 1.82) is 0 Å². The minimum absolute atomic E-state index is 0.107. The Hall–Kier alpha value is -2.51. The topological polar surface area (TPSA) is 68.3 Å². The lowest BCUT2D eigenvalue weighted by molar-refractivity contribution is 0.0912. The maximum absolute atomic E-state index is 11.9. The van der Waals surface area contributed by atoms with E-state index in [9.17, 15) is 4.79 Å². The van der Waals surface area contributed by atoms with Crippen molar-refractivity contribution < 1.29 is 9.21 Å². The zero-order valence-electron chi connectivity index (χ0n) is 11.2. The van der Waals surface area contributed by atoms with Crippen LogP contribution in [0.4, 0.5) is 0 Å². The van der Waals surface area contributed by atoms with Gasteiger partial charge >= 0.3 is 0 Å². The Balaban J connectivity index is 2.02. The van der Waals surface area contributed by atoms with E-state index in [0.29, 0.717) is 12.3 Å². The molecule has 0 bridgehead atoms. The molecule has 0 saturated heterocycles. The van der Waals surface area contributed by atoms with E-state index in [1.807, 2.05) is 31.2 Å². The summed E-state index contributed by atoms with van der Waals surface area (Å²) in [7, 11) is 0. The second-order valence-corrected chi connectivity index (χ2v) is 4.30. The van der Waals surface area contributed by atoms with Crippen molar-refractivity contribution >= 4 is 5.91 Å². The van der Waals surface area contributed by atoms with Gasteiger partial charge in [0, 0.05) is 5.56 Å². The third-order valence-electron chi connectivity index (χ3n) is 2.84. The van der Waals surface area contributed by atoms with E-state index in [2.05, 4.69) is 17.2 Å². The van der Waals surface area contributed by atoms with Gasteiger partial charge in [-0.2, -0.15) is 0 Å². The maximum Gasteiger partial charge on any atom is 0.287 e. The van der Waals surface area contributed by atoms with Gasteiger partial charge in [0.1, 0.15) is 0 Å². The van der Waals surface area contributed by atoms with Crippen LogP contribution in [0.5, 0.6) is 0 Å². The zero-order valence-corrected chi connectivity index (χ0v) is 11.2. The van der Waals surface area contributed by atoms with Crippen LogP contribution in [0.3, 0.4) is 0 Å². The first-order valence-corrected chi connectivity index (χ1v) is 6.34. The number of carbonyl (C=O) groups excluding carboxylic acids is 1. The average Bonchev–Trinajstić information content (AvgIpc) is 3.00. The molecule has 1 amide bonds. The van der Waals surface area contributed by atoms with E-state index in [4.69, 9.17) is 10.2 Å². The van der Waals surface area contributed by atoms with Gasteiger partial charge in [-0.25, -0.2) is 0 Å². The van der Waals surface area contributed by atoms with Crippen molar-refractivity contribution in [3.05, 3.63) is 59.5 Å². The van der Waals surface area contributed by atoms with E-state index in [1.165, 1.54) is 6.26 Å². The first kappa shape index (κ1) is 13.9. The monoisotopic (exact) mass is 268 g/mol. The Morgan fingerprint density at radius 1 is 1.35 bits per heavy atom. The largest absolute Gasteiger partial charge is 0.459 e. The SMILES string of the molecule is CC(NC(=O)c1ccco1)c1ccc(C#CCN)cc1. The number of furan rings is 1. The molecule has 4 heteroatoms. The molecular weight excluding hydrogens is 252 g/mol. The molecule has 1 aromatic carbocycles. The maximum atomic E-state index is 11.9. The molecule has 0 aliphatic heterocycles. The molecule has 0 radical (unpaired) electrons. The number of nitrogens with two attached hydrogens (primary N) is 1. The Labute approximate surface area is 118 Å². The molecule has 1 atom stereocenters. The lowest BCUT2D eigenvalue weighted by Gasteiger charge is -2.13. The molecule has 0 aliphatic rings. The number of rotatable bonds is 3. The van der Waals surface area contributed by atoms with Crippen LogP contribution in [0.2, 0.25) is 0 Å². The molecule has 0 spiro atoms. The first-order valence-electron chi connectivity index (χ1n) is 6.34. The molecule has 4 nitrogen and oxygen atoms in total. The Morgan fingerprint density at radius 3 is 2.70 bits per heavy atom. The highest BCUT2D eigenvalue weighted by Crippen LogP contribution is 2.14. The van der Waals surface area contributed by atoms with E-state index in [0.717, 1.165) is 11.1 Å². The van der Waals surface area contributed by atoms with Crippen LogP contribution in [-0.4, -0.2) is 12.5 Å². The number of carbonyl (C=O) groups is 1. The van der Waals surface area contributed by atoms with Crippen molar-refractivity contribution in [2.24, 2.45) is 5.73 Å². The summed E-state index contributed by atoms with van der Waals surface area (Å²) in [6, 6.07) is 10.9. The molecule has 0 aliphatic carbocycles. The highest BCUT2D eigenvalue weighted by Gasteiger charge is 2.13. The van der Waals surface area contributed by atoms with Crippen LogP contribution in [0.15, 0.2) is 47.1 Å². The van der Waals surface area contributed by atoms with Crippen LogP contribution in [0.1, 0.15) is 34.6 Å². The molecule has 1 heterocycles. The summed E-state index contributed by atoms with van der Waals surface area (Å²) in [4.78, 5) is 11.9. The van der Waals surface area contributed by atoms with Crippen molar-refractivity contribution in [3.63, 3.8) is 0 Å². The van der Waals surface area contributed by atoms with Crippen LogP contribution in [0, 0.1) is 11.8 Å². The molecule has 2 aromatic rings. The zero-order chi connectivity index (χ0) is 14.4. The van der Waals surface area contributed by atoms with E-state index < -0.39 is 0 Å². The third kappa shape index (κ3) is 3.50. The number of benzene rings is 1. The summed E-state index contributed by atoms with van der Waals surface area (Å²) >= 11 is 0. The standard InChI is InChI=1S/C16H16N2O2/c1-12(18-16(19)15-5-3-11-20-15)14-8-6-13(7-9-14)4-2-10-17/h3,5-9,11-12H,10,17H2,1H3,(H,18,19). The van der Waals surface area contributed by atoms with Crippen LogP contribution in [0.25, 0.3) is 0 Å². The lowest BCUT2D eigenvalue weighted by atomic mass is 10.1. The molecule has 0 fully saturated rings. The summed E-state index contributed by atoms with van der Waals surface area (Å²) < 4.78 is 5.05. The molecule has 1 unspecified atom stereocenters.